The van der Waals surface area contributed by atoms with E-state index in [1.807, 2.05) is 6.92 Å². The van der Waals surface area contributed by atoms with Crippen molar-refractivity contribution in [1.29, 1.82) is 0 Å². The summed E-state index contributed by atoms with van der Waals surface area (Å²) in [5, 5.41) is 11.9. The molecule has 0 radical (unpaired) electrons. The second-order valence-electron chi connectivity index (χ2n) is 5.62. The quantitative estimate of drug-likeness (QED) is 0.544. The number of aromatic nitrogens is 2. The van der Waals surface area contributed by atoms with E-state index in [1.54, 1.807) is 25.3 Å². The Hall–Kier alpha value is -2.03. The molecule has 2 aromatic rings. The number of pyridine rings is 2. The van der Waals surface area contributed by atoms with E-state index in [2.05, 4.69) is 9.97 Å². The number of rotatable bonds is 8. The maximum absolute atomic E-state index is 12.2. The predicted octanol–water partition coefficient (Wildman–Crippen LogP) is 4.04. The highest BCUT2D eigenvalue weighted by Crippen LogP contribution is 2.31. The summed E-state index contributed by atoms with van der Waals surface area (Å²) in [5.41, 5.74) is 2.17. The zero-order valence-electron chi connectivity index (χ0n) is 14.6. The molecule has 6 nitrogen and oxygen atoms in total. The summed E-state index contributed by atoms with van der Waals surface area (Å²) in [6.45, 7) is 3.01. The van der Waals surface area contributed by atoms with Gasteiger partial charge in [0, 0.05) is 23.4 Å². The summed E-state index contributed by atoms with van der Waals surface area (Å²) >= 11 is 6.10. The third-order valence-electron chi connectivity index (χ3n) is 3.87. The van der Waals surface area contributed by atoms with Gasteiger partial charge >= 0.3 is 0 Å². The van der Waals surface area contributed by atoms with E-state index in [0.717, 1.165) is 10.6 Å². The van der Waals surface area contributed by atoms with Crippen molar-refractivity contribution in [1.82, 2.24) is 15.0 Å². The van der Waals surface area contributed by atoms with Crippen LogP contribution in [0.1, 0.15) is 29.7 Å². The standard InChI is InChI=1S/C17H20ClF2N3O3/c1-10-6-7-21-16(18)13(10)8-23(24)11(2)12-4-5-15(22-17(12)25-3)26-9-14(19)20/h4-7,11,14,24H,8-9H2,1-3H3. The summed E-state index contributed by atoms with van der Waals surface area (Å²) < 4.78 is 34.6. The van der Waals surface area contributed by atoms with Crippen LogP contribution in [0.15, 0.2) is 24.4 Å². The Morgan fingerprint density at radius 3 is 2.65 bits per heavy atom. The van der Waals surface area contributed by atoms with E-state index in [4.69, 9.17) is 21.1 Å². The van der Waals surface area contributed by atoms with Gasteiger partial charge in [-0.05, 0) is 31.5 Å². The van der Waals surface area contributed by atoms with Crippen molar-refractivity contribution in [3.63, 3.8) is 0 Å². The van der Waals surface area contributed by atoms with Crippen molar-refractivity contribution in [2.75, 3.05) is 13.7 Å². The molecule has 26 heavy (non-hydrogen) atoms. The fourth-order valence-corrected chi connectivity index (χ4v) is 2.61. The van der Waals surface area contributed by atoms with Gasteiger partial charge in [0.2, 0.25) is 11.8 Å². The smallest absolute Gasteiger partial charge is 0.272 e. The van der Waals surface area contributed by atoms with E-state index < -0.39 is 19.1 Å². The molecule has 2 rings (SSSR count). The highest BCUT2D eigenvalue weighted by molar-refractivity contribution is 6.30. The first-order valence-corrected chi connectivity index (χ1v) is 8.22. The average molecular weight is 388 g/mol. The molecular formula is C17H20ClF2N3O3. The molecule has 0 aromatic carbocycles. The summed E-state index contributed by atoms with van der Waals surface area (Å²) in [4.78, 5) is 8.07. The number of nitrogens with zero attached hydrogens (tertiary/aromatic N) is 3. The number of aryl methyl sites for hydroxylation is 1. The lowest BCUT2D eigenvalue weighted by Crippen LogP contribution is -2.24. The summed E-state index contributed by atoms with van der Waals surface area (Å²) in [6, 6.07) is 4.36. The van der Waals surface area contributed by atoms with Gasteiger partial charge in [-0.2, -0.15) is 10.0 Å². The number of hydrogen-bond donors (Lipinski definition) is 1. The lowest BCUT2D eigenvalue weighted by atomic mass is 10.1. The van der Waals surface area contributed by atoms with Crippen LogP contribution in [0.5, 0.6) is 11.8 Å². The van der Waals surface area contributed by atoms with E-state index in [-0.39, 0.29) is 18.3 Å². The van der Waals surface area contributed by atoms with Crippen molar-refractivity contribution in [2.24, 2.45) is 0 Å². The normalized spacial score (nSPS) is 12.5. The Balaban J connectivity index is 2.18. The highest BCUT2D eigenvalue weighted by Gasteiger charge is 2.21. The lowest BCUT2D eigenvalue weighted by molar-refractivity contribution is -0.132. The Kier molecular flexibility index (Phi) is 7.07. The van der Waals surface area contributed by atoms with Crippen molar-refractivity contribution in [2.45, 2.75) is 32.9 Å². The van der Waals surface area contributed by atoms with Gasteiger partial charge in [-0.15, -0.1) is 0 Å². The van der Waals surface area contributed by atoms with E-state index >= 15 is 0 Å². The van der Waals surface area contributed by atoms with Crippen LogP contribution < -0.4 is 9.47 Å². The molecule has 0 spiro atoms. The number of halogens is 3. The molecule has 0 aliphatic heterocycles. The van der Waals surface area contributed by atoms with Gasteiger partial charge in [0.1, 0.15) is 5.15 Å². The largest absolute Gasteiger partial charge is 0.481 e. The van der Waals surface area contributed by atoms with Crippen molar-refractivity contribution in [3.05, 3.63) is 46.2 Å². The van der Waals surface area contributed by atoms with Crippen LogP contribution in [0.25, 0.3) is 0 Å². The molecule has 0 fully saturated rings. The van der Waals surface area contributed by atoms with Crippen LogP contribution in [-0.4, -0.2) is 40.4 Å². The van der Waals surface area contributed by atoms with E-state index in [0.29, 0.717) is 16.3 Å². The zero-order valence-corrected chi connectivity index (χ0v) is 15.4. The Morgan fingerprint density at radius 1 is 1.31 bits per heavy atom. The number of hydrogen-bond acceptors (Lipinski definition) is 6. The van der Waals surface area contributed by atoms with Crippen molar-refractivity contribution >= 4 is 11.6 Å². The van der Waals surface area contributed by atoms with Gasteiger partial charge in [0.15, 0.2) is 6.61 Å². The molecule has 0 saturated heterocycles. The fourth-order valence-electron chi connectivity index (χ4n) is 2.35. The van der Waals surface area contributed by atoms with E-state index in [1.165, 1.54) is 13.2 Å². The molecule has 1 atom stereocenters. The zero-order chi connectivity index (χ0) is 19.3. The molecule has 0 saturated carbocycles. The molecular weight excluding hydrogens is 368 g/mol. The lowest BCUT2D eigenvalue weighted by Gasteiger charge is -2.25. The van der Waals surface area contributed by atoms with Gasteiger partial charge < -0.3 is 14.7 Å². The summed E-state index contributed by atoms with van der Waals surface area (Å²) in [7, 11) is 1.40. The predicted molar refractivity (Wildman–Crippen MR) is 92.0 cm³/mol. The Bertz CT molecular complexity index is 729. The van der Waals surface area contributed by atoms with Crippen LogP contribution in [0.4, 0.5) is 8.78 Å². The first-order chi connectivity index (χ1) is 12.3. The topological polar surface area (TPSA) is 67.7 Å². The van der Waals surface area contributed by atoms with Gasteiger partial charge in [-0.1, -0.05) is 11.6 Å². The Labute approximate surface area is 155 Å². The van der Waals surface area contributed by atoms with Gasteiger partial charge in [-0.25, -0.2) is 13.8 Å². The molecule has 0 amide bonds. The van der Waals surface area contributed by atoms with Crippen molar-refractivity contribution in [3.8, 4) is 11.8 Å². The van der Waals surface area contributed by atoms with Gasteiger partial charge in [0.25, 0.3) is 6.43 Å². The van der Waals surface area contributed by atoms with Crippen molar-refractivity contribution < 1.29 is 23.5 Å². The monoisotopic (exact) mass is 387 g/mol. The highest BCUT2D eigenvalue weighted by atomic mass is 35.5. The van der Waals surface area contributed by atoms with E-state index in [9.17, 15) is 14.0 Å². The number of hydroxylamine groups is 2. The third-order valence-corrected chi connectivity index (χ3v) is 4.20. The molecule has 0 aliphatic rings. The minimum Gasteiger partial charge on any atom is -0.481 e. The van der Waals surface area contributed by atoms with Gasteiger partial charge in [-0.3, -0.25) is 0 Å². The SMILES string of the molecule is COc1nc(OCC(F)F)ccc1C(C)N(O)Cc1c(C)ccnc1Cl. The first-order valence-electron chi connectivity index (χ1n) is 7.84. The molecule has 2 heterocycles. The fraction of sp³-hybridized carbons (Fsp3) is 0.412. The molecule has 0 bridgehead atoms. The molecule has 1 N–H and O–H groups in total. The maximum Gasteiger partial charge on any atom is 0.272 e. The Morgan fingerprint density at radius 2 is 2.04 bits per heavy atom. The average Bonchev–Trinajstić information content (AvgIpc) is 2.62. The second kappa shape index (κ2) is 9.07. The van der Waals surface area contributed by atoms with Gasteiger partial charge in [0.05, 0.1) is 19.7 Å². The van der Waals surface area contributed by atoms with Crippen LogP contribution in [0, 0.1) is 6.92 Å². The molecule has 142 valence electrons. The maximum atomic E-state index is 12.2. The van der Waals surface area contributed by atoms with Crippen LogP contribution in [0.3, 0.4) is 0 Å². The molecule has 9 heteroatoms. The number of ether oxygens (including phenoxy) is 2. The van der Waals surface area contributed by atoms with Crippen LogP contribution >= 0.6 is 11.6 Å². The summed E-state index contributed by atoms with van der Waals surface area (Å²) in [6.07, 6.45) is -1.00. The summed E-state index contributed by atoms with van der Waals surface area (Å²) in [5.74, 6) is 0.200. The first kappa shape index (κ1) is 20.3. The number of alkyl halides is 2. The molecule has 0 aliphatic carbocycles. The second-order valence-corrected chi connectivity index (χ2v) is 5.98. The minimum atomic E-state index is -2.60. The molecule has 2 aromatic heterocycles. The van der Waals surface area contributed by atoms with Crippen LogP contribution in [0.2, 0.25) is 5.15 Å². The molecule has 1 unspecified atom stereocenters. The minimum absolute atomic E-state index is 0.0220. The number of methoxy groups -OCH3 is 1. The third kappa shape index (κ3) is 5.00. The van der Waals surface area contributed by atoms with Crippen LogP contribution in [-0.2, 0) is 6.54 Å².